The molecule has 3 amide bonds. The number of para-hydroxylation sites is 1. The minimum absolute atomic E-state index is 0.0123. The van der Waals surface area contributed by atoms with Gasteiger partial charge in [-0.15, -0.1) is 10.2 Å². The summed E-state index contributed by atoms with van der Waals surface area (Å²) in [4.78, 5) is 50.0. The highest BCUT2D eigenvalue weighted by molar-refractivity contribution is 6.01. The van der Waals surface area contributed by atoms with Gasteiger partial charge in [0.05, 0.1) is 47.2 Å². The van der Waals surface area contributed by atoms with Gasteiger partial charge in [0, 0.05) is 68.9 Å². The molecule has 4 fully saturated rings. The Balaban J connectivity index is 0.925. The maximum absolute atomic E-state index is 13.4. The lowest BCUT2D eigenvalue weighted by Gasteiger charge is -2.40. The second-order valence-electron chi connectivity index (χ2n) is 14.9. The molecule has 268 valence electrons. The zero-order valence-electron chi connectivity index (χ0n) is 29.3. The molecule has 52 heavy (non-hydrogen) atoms. The summed E-state index contributed by atoms with van der Waals surface area (Å²) < 4.78 is 2.16. The largest absolute Gasteiger partial charge is 0.366 e. The molecule has 0 bridgehead atoms. The molecule has 3 aromatic heterocycles. The maximum atomic E-state index is 13.4. The van der Waals surface area contributed by atoms with Crippen LogP contribution in [0.15, 0.2) is 48.7 Å². The van der Waals surface area contributed by atoms with E-state index in [1.165, 1.54) is 0 Å². The first-order chi connectivity index (χ1) is 25.4. The molecular formula is C38H43N11O3. The topological polar surface area (TPSA) is 154 Å². The zero-order chi connectivity index (χ0) is 35.3. The van der Waals surface area contributed by atoms with Crippen molar-refractivity contribution in [3.8, 4) is 11.1 Å². The third kappa shape index (κ3) is 6.25. The molecular weight excluding hydrogens is 658 g/mol. The molecule has 2 saturated carbocycles. The minimum Gasteiger partial charge on any atom is -0.366 e. The fraction of sp³-hybridized carbons (Fsp3) is 0.447. The lowest BCUT2D eigenvalue weighted by atomic mass is 9.93. The number of aromatic nitrogens is 5. The number of carbonyl (C=O) groups excluding carboxylic acids is 3. The number of fused-ring (bicyclic) bond motifs is 3. The lowest BCUT2D eigenvalue weighted by molar-refractivity contribution is -0.117. The van der Waals surface area contributed by atoms with Gasteiger partial charge in [-0.05, 0) is 63.1 Å². The van der Waals surface area contributed by atoms with Crippen molar-refractivity contribution in [1.29, 1.82) is 0 Å². The molecule has 1 aromatic carbocycles. The van der Waals surface area contributed by atoms with Crippen LogP contribution in [0.2, 0.25) is 0 Å². The van der Waals surface area contributed by atoms with E-state index in [1.54, 1.807) is 6.07 Å². The number of nitrogens with zero attached hydrogens (tertiary/aromatic N) is 8. The Morgan fingerprint density at radius 3 is 2.48 bits per heavy atom. The van der Waals surface area contributed by atoms with E-state index < -0.39 is 0 Å². The Morgan fingerprint density at radius 1 is 0.904 bits per heavy atom. The van der Waals surface area contributed by atoms with Gasteiger partial charge in [0.15, 0.2) is 11.5 Å². The molecule has 0 spiro atoms. The van der Waals surface area contributed by atoms with E-state index in [1.807, 2.05) is 41.4 Å². The van der Waals surface area contributed by atoms with Gasteiger partial charge in [-0.1, -0.05) is 18.2 Å². The average molecular weight is 702 g/mol. The van der Waals surface area contributed by atoms with E-state index in [0.29, 0.717) is 30.3 Å². The van der Waals surface area contributed by atoms with Crippen LogP contribution < -0.4 is 20.9 Å². The van der Waals surface area contributed by atoms with Crippen LogP contribution in [0.25, 0.3) is 11.1 Å². The lowest BCUT2D eigenvalue weighted by Crippen LogP contribution is -2.48. The van der Waals surface area contributed by atoms with Crippen LogP contribution in [0.1, 0.15) is 83.4 Å². The molecule has 9 rings (SSSR count). The standard InChI is InChI=1S/C38H43N11O3/c1-46-22-32-28(18-39-49(32)26-20-47(21-26)19-25-9-5-12-30(40-25)38(52)48-15-2-3-16-48)27-10-6-11-29(35(27)46)42-31-17-33(43-36(50)23-13-14-23)44-45-34(31)37(51)41-24-7-4-8-24/h5-6,9-12,17-18,23-24,26H,2-4,7-8,13-16,19-22H2,1H3,(H,41,51)(H2,42,43,44,50). The van der Waals surface area contributed by atoms with Gasteiger partial charge in [0.1, 0.15) is 5.69 Å². The van der Waals surface area contributed by atoms with Crippen molar-refractivity contribution in [3.63, 3.8) is 0 Å². The molecule has 2 aliphatic carbocycles. The molecule has 3 aliphatic heterocycles. The molecule has 0 atom stereocenters. The van der Waals surface area contributed by atoms with E-state index in [2.05, 4.69) is 53.7 Å². The monoisotopic (exact) mass is 701 g/mol. The molecule has 5 aliphatic rings. The molecule has 0 unspecified atom stereocenters. The van der Waals surface area contributed by atoms with Gasteiger partial charge < -0.3 is 25.8 Å². The maximum Gasteiger partial charge on any atom is 0.274 e. The van der Waals surface area contributed by atoms with Crippen LogP contribution in [0.4, 0.5) is 22.9 Å². The van der Waals surface area contributed by atoms with Crippen LogP contribution in [0.5, 0.6) is 0 Å². The fourth-order valence-corrected chi connectivity index (χ4v) is 7.73. The smallest absolute Gasteiger partial charge is 0.274 e. The van der Waals surface area contributed by atoms with Crippen molar-refractivity contribution in [1.82, 2.24) is 40.1 Å². The van der Waals surface area contributed by atoms with Crippen molar-refractivity contribution in [3.05, 3.63) is 71.4 Å². The van der Waals surface area contributed by atoms with E-state index in [-0.39, 0.29) is 41.4 Å². The Bertz CT molecular complexity index is 2040. The third-order valence-electron chi connectivity index (χ3n) is 11.0. The van der Waals surface area contributed by atoms with E-state index in [4.69, 9.17) is 10.1 Å². The van der Waals surface area contributed by atoms with Crippen molar-refractivity contribution < 1.29 is 14.4 Å². The van der Waals surface area contributed by atoms with Crippen LogP contribution in [-0.2, 0) is 17.9 Å². The normalized spacial score (nSPS) is 18.6. The Morgan fingerprint density at radius 2 is 1.71 bits per heavy atom. The fourth-order valence-electron chi connectivity index (χ4n) is 7.73. The van der Waals surface area contributed by atoms with Gasteiger partial charge in [0.2, 0.25) is 5.91 Å². The van der Waals surface area contributed by atoms with E-state index >= 15 is 0 Å². The first-order valence-electron chi connectivity index (χ1n) is 18.5. The third-order valence-corrected chi connectivity index (χ3v) is 11.0. The summed E-state index contributed by atoms with van der Waals surface area (Å²) >= 11 is 0. The molecule has 4 aromatic rings. The number of hydrogen-bond donors (Lipinski definition) is 3. The van der Waals surface area contributed by atoms with Crippen molar-refractivity contribution in [2.75, 3.05) is 48.8 Å². The van der Waals surface area contributed by atoms with Gasteiger partial charge in [-0.3, -0.25) is 24.0 Å². The molecule has 0 radical (unpaired) electrons. The van der Waals surface area contributed by atoms with Crippen LogP contribution >= 0.6 is 0 Å². The molecule has 14 nitrogen and oxygen atoms in total. The highest BCUT2D eigenvalue weighted by Gasteiger charge is 2.35. The Kier molecular flexibility index (Phi) is 8.33. The average Bonchev–Trinajstić information content (AvgIpc) is 3.66. The highest BCUT2D eigenvalue weighted by atomic mass is 16.2. The highest BCUT2D eigenvalue weighted by Crippen LogP contribution is 2.45. The van der Waals surface area contributed by atoms with E-state index in [9.17, 15) is 14.4 Å². The second kappa shape index (κ2) is 13.3. The van der Waals surface area contributed by atoms with Crippen LogP contribution in [-0.4, -0.2) is 91.8 Å². The van der Waals surface area contributed by atoms with Crippen LogP contribution in [0, 0.1) is 5.92 Å². The summed E-state index contributed by atoms with van der Waals surface area (Å²) in [6.45, 7) is 4.67. The SMILES string of the molecule is CN1Cc2c(cnn2C2CN(Cc3cccc(C(=O)N4CCCC4)n3)C2)-c2cccc(Nc3cc(NC(=O)C4CC4)nnc3C(=O)NC3CCC3)c21. The first-order valence-corrected chi connectivity index (χ1v) is 18.5. The number of pyridine rings is 1. The zero-order valence-corrected chi connectivity index (χ0v) is 29.3. The first kappa shape index (κ1) is 32.5. The number of amides is 3. The summed E-state index contributed by atoms with van der Waals surface area (Å²) in [6.07, 6.45) is 8.84. The summed E-state index contributed by atoms with van der Waals surface area (Å²) in [5.41, 5.74) is 7.20. The Hall–Kier alpha value is -5.37. The van der Waals surface area contributed by atoms with Gasteiger partial charge >= 0.3 is 0 Å². The predicted molar refractivity (Wildman–Crippen MR) is 195 cm³/mol. The molecule has 3 N–H and O–H groups in total. The van der Waals surface area contributed by atoms with E-state index in [0.717, 1.165) is 105 Å². The van der Waals surface area contributed by atoms with Gasteiger partial charge in [-0.2, -0.15) is 5.10 Å². The number of likely N-dealkylation sites (tertiary alicyclic amines) is 2. The van der Waals surface area contributed by atoms with Crippen molar-refractivity contribution in [2.45, 2.75) is 70.1 Å². The summed E-state index contributed by atoms with van der Waals surface area (Å²) in [7, 11) is 2.07. The van der Waals surface area contributed by atoms with Crippen molar-refractivity contribution >= 4 is 40.6 Å². The quantitative estimate of drug-likeness (QED) is 0.218. The minimum atomic E-state index is -0.282. The number of hydrogen-bond acceptors (Lipinski definition) is 10. The number of anilines is 4. The summed E-state index contributed by atoms with van der Waals surface area (Å²) in [5.74, 6) is 0.00238. The number of nitrogens with one attached hydrogen (secondary N) is 3. The Labute approximate surface area is 302 Å². The predicted octanol–water partition coefficient (Wildman–Crippen LogP) is 4.35. The number of carbonyl (C=O) groups is 3. The molecule has 6 heterocycles. The second-order valence-corrected chi connectivity index (χ2v) is 14.9. The number of benzene rings is 1. The summed E-state index contributed by atoms with van der Waals surface area (Å²) in [5, 5.41) is 22.8. The number of rotatable bonds is 10. The summed E-state index contributed by atoms with van der Waals surface area (Å²) in [6, 6.07) is 13.9. The van der Waals surface area contributed by atoms with Gasteiger partial charge in [-0.25, -0.2) is 4.98 Å². The molecule has 14 heteroatoms. The van der Waals surface area contributed by atoms with Crippen molar-refractivity contribution in [2.24, 2.45) is 5.92 Å². The molecule has 2 saturated heterocycles. The van der Waals surface area contributed by atoms with Gasteiger partial charge in [0.25, 0.3) is 11.8 Å². The van der Waals surface area contributed by atoms with Crippen LogP contribution in [0.3, 0.4) is 0 Å².